The molecule has 1 aromatic carbocycles. The van der Waals surface area contributed by atoms with E-state index in [9.17, 15) is 4.79 Å². The molecule has 2 bridgehead atoms. The maximum Gasteiger partial charge on any atom is 0.340 e. The van der Waals surface area contributed by atoms with Gasteiger partial charge in [0, 0.05) is 46.1 Å². The fourth-order valence-electron chi connectivity index (χ4n) is 3.48. The Balaban J connectivity index is 1.55. The Kier molecular flexibility index (Phi) is 1.86. The molecule has 3 heterocycles. The molecule has 110 valence electrons. The fourth-order valence-corrected chi connectivity index (χ4v) is 3.48. The van der Waals surface area contributed by atoms with Gasteiger partial charge in [0.1, 0.15) is 6.10 Å². The van der Waals surface area contributed by atoms with Crippen molar-refractivity contribution in [3.05, 3.63) is 36.0 Å². The van der Waals surface area contributed by atoms with E-state index in [1.54, 1.807) is 11.0 Å². The lowest BCUT2D eigenvalue weighted by Crippen LogP contribution is -2.43. The smallest absolute Gasteiger partial charge is 0.340 e. The monoisotopic (exact) mass is 290 g/mol. The molecule has 4 rings (SSSR count). The van der Waals surface area contributed by atoms with Crippen LogP contribution in [0.25, 0.3) is 10.9 Å². The van der Waals surface area contributed by atoms with E-state index in [-0.39, 0.29) is 47.5 Å². The van der Waals surface area contributed by atoms with Crippen LogP contribution in [-0.2, 0) is 4.74 Å². The molecular formula is C17H20N2O2. The quantitative estimate of drug-likeness (QED) is 0.865. The molecule has 1 N–H and O–H groups in total. The Labute approximate surface area is 132 Å². The minimum atomic E-state index is -2.13. The van der Waals surface area contributed by atoms with Crippen LogP contribution in [0.1, 0.15) is 44.3 Å². The number of fused-ring (bicyclic) bond motifs is 3. The Morgan fingerprint density at radius 2 is 2.29 bits per heavy atom. The van der Waals surface area contributed by atoms with Gasteiger partial charge >= 0.3 is 5.97 Å². The topological polar surface area (TPSA) is 45.3 Å². The molecule has 1 aromatic heterocycles. The number of esters is 1. The van der Waals surface area contributed by atoms with Gasteiger partial charge in [0.2, 0.25) is 0 Å². The average Bonchev–Trinajstić information content (AvgIpc) is 3.06. The van der Waals surface area contributed by atoms with Crippen molar-refractivity contribution in [2.45, 2.75) is 43.9 Å². The van der Waals surface area contributed by atoms with Crippen LogP contribution in [-0.4, -0.2) is 41.0 Å². The van der Waals surface area contributed by atoms with Crippen LogP contribution in [0.4, 0.5) is 0 Å². The van der Waals surface area contributed by atoms with Crippen LogP contribution in [0.3, 0.4) is 0 Å². The molecule has 3 atom stereocenters. The molecular weight excluding hydrogens is 264 g/mol. The van der Waals surface area contributed by atoms with E-state index in [0.29, 0.717) is 18.2 Å². The van der Waals surface area contributed by atoms with Crippen LogP contribution in [0.2, 0.25) is 0 Å². The third-order valence-electron chi connectivity index (χ3n) is 4.55. The molecule has 2 aliphatic heterocycles. The number of nitrogens with one attached hydrogen (secondary N) is 1. The number of carbonyl (C=O) groups excluding carboxylic acids is 1. The number of benzene rings is 1. The predicted molar refractivity (Wildman–Crippen MR) is 81.3 cm³/mol. The highest BCUT2D eigenvalue weighted by atomic mass is 16.5. The van der Waals surface area contributed by atoms with Gasteiger partial charge in [-0.15, -0.1) is 0 Å². The summed E-state index contributed by atoms with van der Waals surface area (Å²) in [7, 11) is 0. The lowest BCUT2D eigenvalue weighted by Gasteiger charge is -2.35. The second kappa shape index (κ2) is 4.88. The molecule has 4 nitrogen and oxygen atoms in total. The molecule has 21 heavy (non-hydrogen) atoms. The molecule has 0 spiro atoms. The highest BCUT2D eigenvalue weighted by molar-refractivity contribution is 6.04. The minimum absolute atomic E-state index is 0.0114. The number of carbonyl (C=O) groups is 1. The van der Waals surface area contributed by atoms with E-state index in [1.165, 1.54) is 6.07 Å². The first-order valence-corrected chi connectivity index (χ1v) is 7.24. The van der Waals surface area contributed by atoms with Gasteiger partial charge < -0.3 is 14.6 Å². The third-order valence-corrected chi connectivity index (χ3v) is 4.55. The van der Waals surface area contributed by atoms with Gasteiger partial charge in [-0.1, -0.05) is 18.2 Å². The number of aromatic amines is 1. The van der Waals surface area contributed by atoms with Crippen molar-refractivity contribution in [1.29, 1.82) is 0 Å². The summed E-state index contributed by atoms with van der Waals surface area (Å²) in [5, 5.41) is 0.397. The van der Waals surface area contributed by atoms with Crippen molar-refractivity contribution in [3.63, 3.8) is 0 Å². The van der Waals surface area contributed by atoms with Crippen LogP contribution in [0.15, 0.2) is 30.4 Å². The number of rotatable bonds is 2. The number of hydrogen-bond acceptors (Lipinski definition) is 3. The van der Waals surface area contributed by atoms with E-state index in [4.69, 9.17) is 13.0 Å². The minimum Gasteiger partial charge on any atom is -0.459 e. The normalized spacial score (nSPS) is 33.6. The Morgan fingerprint density at radius 1 is 1.48 bits per heavy atom. The van der Waals surface area contributed by atoms with Gasteiger partial charge in [0.25, 0.3) is 0 Å². The number of piperidine rings is 1. The molecule has 1 unspecified atom stereocenters. The SMILES string of the molecule is [2H]c1ccc2c(C(=O)OC3C[C@H]4CC[C@@H](C3)N4C([2H])([2H])[2H])c([2H])[nH]c2c1[2H]. The fraction of sp³-hybridized carbons (Fsp3) is 0.471. The Morgan fingerprint density at radius 3 is 3.05 bits per heavy atom. The molecule has 2 aromatic rings. The number of hydrogen-bond donors (Lipinski definition) is 1. The second-order valence-corrected chi connectivity index (χ2v) is 5.81. The Hall–Kier alpha value is -1.81. The summed E-state index contributed by atoms with van der Waals surface area (Å²) in [6, 6.07) is 2.66. The number of para-hydroxylation sites is 1. The lowest BCUT2D eigenvalue weighted by molar-refractivity contribution is -0.000258. The van der Waals surface area contributed by atoms with Gasteiger partial charge in [0.15, 0.2) is 0 Å². The van der Waals surface area contributed by atoms with Crippen LogP contribution >= 0.6 is 0 Å². The van der Waals surface area contributed by atoms with Crippen molar-refractivity contribution in [3.8, 4) is 0 Å². The summed E-state index contributed by atoms with van der Waals surface area (Å²) < 4.78 is 52.4. The zero-order valence-electron chi connectivity index (χ0n) is 17.5. The summed E-state index contributed by atoms with van der Waals surface area (Å²) >= 11 is 0. The zero-order chi connectivity index (χ0) is 19.5. The first kappa shape index (κ1) is 7.99. The molecule has 0 aliphatic carbocycles. The van der Waals surface area contributed by atoms with Gasteiger partial charge in [-0.2, -0.15) is 0 Å². The molecule has 0 saturated carbocycles. The maximum absolute atomic E-state index is 12.7. The van der Waals surface area contributed by atoms with E-state index in [2.05, 4.69) is 4.98 Å². The summed E-state index contributed by atoms with van der Waals surface area (Å²) in [6.07, 6.45) is 1.97. The van der Waals surface area contributed by atoms with Crippen LogP contribution in [0.5, 0.6) is 0 Å². The summed E-state index contributed by atoms with van der Waals surface area (Å²) in [4.78, 5) is 17.0. The molecule has 2 fully saturated rings. The van der Waals surface area contributed by atoms with Gasteiger partial charge in [-0.3, -0.25) is 0 Å². The van der Waals surface area contributed by atoms with Crippen LogP contribution < -0.4 is 0 Å². The average molecular weight is 290 g/mol. The summed E-state index contributed by atoms with van der Waals surface area (Å²) in [5.74, 6) is -0.643. The zero-order valence-corrected chi connectivity index (χ0v) is 11.5. The largest absolute Gasteiger partial charge is 0.459 e. The molecule has 2 aliphatic rings. The molecule has 2 saturated heterocycles. The first-order chi connectivity index (χ1) is 12.7. The standard InChI is InChI=1S/C17H20N2O2/c1-19-11-6-7-12(19)9-13(8-11)21-17(20)15-10-18-16-5-3-2-4-14(15)16/h2-5,10-13,18H,6-9H2,1H3/t11-,12+,13?/i1D3,3D,5D,10D. The van der Waals surface area contributed by atoms with Crippen molar-refractivity contribution >= 4 is 16.9 Å². The number of ether oxygens (including phenoxy) is 1. The predicted octanol–water partition coefficient (Wildman–Crippen LogP) is 2.95. The van der Waals surface area contributed by atoms with Crippen molar-refractivity contribution in [2.24, 2.45) is 0 Å². The molecule has 0 amide bonds. The highest BCUT2D eigenvalue weighted by Crippen LogP contribution is 2.35. The summed E-state index contributed by atoms with van der Waals surface area (Å²) in [5.41, 5.74) is 0.334. The van der Waals surface area contributed by atoms with E-state index < -0.39 is 12.9 Å². The molecule has 4 heteroatoms. The number of H-pyrrole nitrogens is 1. The number of nitrogens with zero attached hydrogens (tertiary/aromatic N) is 1. The number of aromatic nitrogens is 1. The first-order valence-electron chi connectivity index (χ1n) is 10.2. The van der Waals surface area contributed by atoms with Gasteiger partial charge in [-0.25, -0.2) is 4.79 Å². The van der Waals surface area contributed by atoms with E-state index in [1.807, 2.05) is 0 Å². The van der Waals surface area contributed by atoms with Crippen molar-refractivity contribution < 1.29 is 17.8 Å². The van der Waals surface area contributed by atoms with Crippen molar-refractivity contribution in [2.75, 3.05) is 6.98 Å². The Bertz CT molecular complexity index is 895. The third kappa shape index (κ3) is 2.14. The summed E-state index contributed by atoms with van der Waals surface area (Å²) in [6.45, 7) is -2.13. The molecule has 0 radical (unpaired) electrons. The second-order valence-electron chi connectivity index (χ2n) is 5.81. The highest BCUT2D eigenvalue weighted by Gasteiger charge is 2.40. The van der Waals surface area contributed by atoms with Gasteiger partial charge in [0.05, 0.1) is 9.68 Å². The maximum atomic E-state index is 12.7. The van der Waals surface area contributed by atoms with E-state index in [0.717, 1.165) is 12.8 Å². The van der Waals surface area contributed by atoms with Crippen molar-refractivity contribution in [1.82, 2.24) is 9.88 Å². The van der Waals surface area contributed by atoms with E-state index >= 15 is 0 Å². The lowest BCUT2D eigenvalue weighted by atomic mass is 10.0. The van der Waals surface area contributed by atoms with Gasteiger partial charge in [-0.05, 0) is 25.9 Å². The van der Waals surface area contributed by atoms with Crippen LogP contribution in [0, 0.1) is 0 Å².